The Kier molecular flexibility index (Phi) is 4.59. The number of aliphatic hydroxyl groups is 1. The Balaban J connectivity index is 2.33. The van der Waals surface area contributed by atoms with Crippen LogP contribution in [0.15, 0.2) is 18.2 Å². The summed E-state index contributed by atoms with van der Waals surface area (Å²) in [6.07, 6.45) is 0.765. The number of carbonyl (C=O) groups is 1. The van der Waals surface area contributed by atoms with Gasteiger partial charge in [0.25, 0.3) is 0 Å². The first-order chi connectivity index (χ1) is 9.63. The van der Waals surface area contributed by atoms with Crippen LogP contribution < -0.4 is 9.64 Å². The maximum absolute atomic E-state index is 12.2. The number of hydrogen-bond donors (Lipinski definition) is 1. The molecule has 106 valence electrons. The van der Waals surface area contributed by atoms with Crippen molar-refractivity contribution in [2.45, 2.75) is 32.3 Å². The van der Waals surface area contributed by atoms with Crippen molar-refractivity contribution in [2.75, 3.05) is 18.1 Å². The zero-order valence-corrected chi connectivity index (χ0v) is 11.5. The molecule has 0 radical (unpaired) electrons. The van der Waals surface area contributed by atoms with Gasteiger partial charge in [-0.15, -0.1) is 0 Å². The largest absolute Gasteiger partial charge is 0.491 e. The molecule has 5 nitrogen and oxygen atoms in total. The molecule has 2 rings (SSSR count). The number of ether oxygens (including phenoxy) is 1. The van der Waals surface area contributed by atoms with Gasteiger partial charge in [0.1, 0.15) is 5.75 Å². The molecule has 0 spiro atoms. The number of nitrogens with zero attached hydrogens (tertiary/aromatic N) is 2. The molecule has 1 atom stereocenters. The molecule has 1 unspecified atom stereocenters. The molecular weight excluding hydrogens is 256 g/mol. The summed E-state index contributed by atoms with van der Waals surface area (Å²) in [5.41, 5.74) is 1.43. The normalized spacial score (nSPS) is 15.8. The number of amides is 1. The molecule has 20 heavy (non-hydrogen) atoms. The van der Waals surface area contributed by atoms with Crippen molar-refractivity contribution in [3.8, 4) is 11.8 Å². The summed E-state index contributed by atoms with van der Waals surface area (Å²) in [5.74, 6) is 0.640. The van der Waals surface area contributed by atoms with E-state index in [4.69, 9.17) is 10.00 Å². The van der Waals surface area contributed by atoms with Crippen LogP contribution in [0.25, 0.3) is 0 Å². The molecule has 1 aliphatic rings. The number of benzene rings is 1. The standard InChI is InChI=1S/C15H18N2O3/c1-11(18)12-4-5-14-13(10-12)17(8-3-2-7-16)15(19)6-9-20-14/h4-5,10-11,18H,2-3,6,8-9H2,1H3. The highest BCUT2D eigenvalue weighted by atomic mass is 16.5. The van der Waals surface area contributed by atoms with Crippen LogP contribution in [-0.4, -0.2) is 24.2 Å². The third-order valence-corrected chi connectivity index (χ3v) is 3.30. The van der Waals surface area contributed by atoms with Crippen LogP contribution in [0.1, 0.15) is 37.9 Å². The van der Waals surface area contributed by atoms with Gasteiger partial charge in [-0.25, -0.2) is 0 Å². The fraction of sp³-hybridized carbons (Fsp3) is 0.467. The van der Waals surface area contributed by atoms with Gasteiger partial charge in [-0.2, -0.15) is 5.26 Å². The minimum absolute atomic E-state index is 0.00978. The fourth-order valence-electron chi connectivity index (χ4n) is 2.21. The first-order valence-electron chi connectivity index (χ1n) is 6.75. The first-order valence-corrected chi connectivity index (χ1v) is 6.75. The monoisotopic (exact) mass is 274 g/mol. The fourth-order valence-corrected chi connectivity index (χ4v) is 2.21. The van der Waals surface area contributed by atoms with Crippen molar-refractivity contribution in [1.29, 1.82) is 5.26 Å². The van der Waals surface area contributed by atoms with E-state index in [0.29, 0.717) is 43.9 Å². The van der Waals surface area contributed by atoms with Gasteiger partial charge in [0.2, 0.25) is 5.91 Å². The lowest BCUT2D eigenvalue weighted by molar-refractivity contribution is -0.118. The van der Waals surface area contributed by atoms with E-state index in [1.54, 1.807) is 30.0 Å². The molecule has 1 aromatic carbocycles. The Morgan fingerprint density at radius 3 is 3.05 bits per heavy atom. The lowest BCUT2D eigenvalue weighted by Crippen LogP contribution is -2.31. The molecule has 1 amide bonds. The molecule has 5 heteroatoms. The topological polar surface area (TPSA) is 73.6 Å². The maximum atomic E-state index is 12.2. The minimum atomic E-state index is -0.598. The summed E-state index contributed by atoms with van der Waals surface area (Å²) in [6, 6.07) is 7.45. The van der Waals surface area contributed by atoms with Crippen LogP contribution in [0.2, 0.25) is 0 Å². The summed E-state index contributed by atoms with van der Waals surface area (Å²) in [6.45, 7) is 2.53. The van der Waals surface area contributed by atoms with Crippen LogP contribution in [0, 0.1) is 11.3 Å². The summed E-state index contributed by atoms with van der Waals surface area (Å²) >= 11 is 0. The molecular formula is C15H18N2O3. The quantitative estimate of drug-likeness (QED) is 0.854. The second-order valence-electron chi connectivity index (χ2n) is 4.81. The third kappa shape index (κ3) is 3.09. The number of rotatable bonds is 4. The summed E-state index contributed by atoms with van der Waals surface area (Å²) < 4.78 is 5.58. The number of anilines is 1. The Hall–Kier alpha value is -2.06. The van der Waals surface area contributed by atoms with Crippen molar-refractivity contribution >= 4 is 11.6 Å². The SMILES string of the molecule is CC(O)c1ccc2c(c1)N(CCCC#N)C(=O)CCO2. The van der Waals surface area contributed by atoms with Crippen molar-refractivity contribution in [1.82, 2.24) is 0 Å². The number of hydrogen-bond acceptors (Lipinski definition) is 4. The summed E-state index contributed by atoms with van der Waals surface area (Å²) in [4.78, 5) is 13.8. The van der Waals surface area contributed by atoms with Gasteiger partial charge in [-0.1, -0.05) is 6.07 Å². The van der Waals surface area contributed by atoms with E-state index >= 15 is 0 Å². The minimum Gasteiger partial charge on any atom is -0.491 e. The maximum Gasteiger partial charge on any atom is 0.230 e. The molecule has 0 bridgehead atoms. The molecule has 0 aromatic heterocycles. The van der Waals surface area contributed by atoms with E-state index in [2.05, 4.69) is 6.07 Å². The van der Waals surface area contributed by atoms with Gasteiger partial charge >= 0.3 is 0 Å². The van der Waals surface area contributed by atoms with Gasteiger partial charge in [-0.05, 0) is 31.0 Å². The number of unbranched alkanes of at least 4 members (excludes halogenated alkanes) is 1. The van der Waals surface area contributed by atoms with Crippen molar-refractivity contribution < 1.29 is 14.6 Å². The lowest BCUT2D eigenvalue weighted by atomic mass is 10.1. The molecule has 1 aromatic rings. The van der Waals surface area contributed by atoms with E-state index < -0.39 is 6.10 Å². The highest BCUT2D eigenvalue weighted by Crippen LogP contribution is 2.34. The van der Waals surface area contributed by atoms with Crippen LogP contribution >= 0.6 is 0 Å². The van der Waals surface area contributed by atoms with E-state index in [0.717, 1.165) is 5.56 Å². The highest BCUT2D eigenvalue weighted by Gasteiger charge is 2.23. The average Bonchev–Trinajstić information content (AvgIpc) is 2.58. The molecule has 1 N–H and O–H groups in total. The van der Waals surface area contributed by atoms with E-state index in [9.17, 15) is 9.90 Å². The van der Waals surface area contributed by atoms with Crippen molar-refractivity contribution in [3.05, 3.63) is 23.8 Å². The van der Waals surface area contributed by atoms with Gasteiger partial charge < -0.3 is 14.7 Å². The van der Waals surface area contributed by atoms with E-state index in [1.165, 1.54) is 0 Å². The van der Waals surface area contributed by atoms with Crippen LogP contribution in [-0.2, 0) is 4.79 Å². The third-order valence-electron chi connectivity index (χ3n) is 3.30. The van der Waals surface area contributed by atoms with Crippen LogP contribution in [0.3, 0.4) is 0 Å². The van der Waals surface area contributed by atoms with Gasteiger partial charge in [0.05, 0.1) is 30.9 Å². The first kappa shape index (κ1) is 14.4. The zero-order chi connectivity index (χ0) is 14.5. The lowest BCUT2D eigenvalue weighted by Gasteiger charge is -2.22. The van der Waals surface area contributed by atoms with Gasteiger partial charge in [0, 0.05) is 13.0 Å². The molecule has 1 aliphatic heterocycles. The molecule has 1 heterocycles. The molecule has 0 fully saturated rings. The van der Waals surface area contributed by atoms with Crippen molar-refractivity contribution in [3.63, 3.8) is 0 Å². The molecule has 0 aliphatic carbocycles. The molecule has 0 saturated carbocycles. The van der Waals surface area contributed by atoms with Crippen LogP contribution in [0.5, 0.6) is 5.75 Å². The zero-order valence-electron chi connectivity index (χ0n) is 11.5. The van der Waals surface area contributed by atoms with Gasteiger partial charge in [-0.3, -0.25) is 4.79 Å². The molecule has 0 saturated heterocycles. The smallest absolute Gasteiger partial charge is 0.230 e. The van der Waals surface area contributed by atoms with E-state index in [1.807, 2.05) is 0 Å². The van der Waals surface area contributed by atoms with Gasteiger partial charge in [0.15, 0.2) is 0 Å². The number of carbonyl (C=O) groups excluding carboxylic acids is 1. The second kappa shape index (κ2) is 6.40. The average molecular weight is 274 g/mol. The van der Waals surface area contributed by atoms with Crippen molar-refractivity contribution in [2.24, 2.45) is 0 Å². The van der Waals surface area contributed by atoms with Crippen LogP contribution in [0.4, 0.5) is 5.69 Å². The summed E-state index contributed by atoms with van der Waals surface area (Å²) in [5, 5.41) is 18.3. The second-order valence-corrected chi connectivity index (χ2v) is 4.81. The summed E-state index contributed by atoms with van der Waals surface area (Å²) in [7, 11) is 0. The highest BCUT2D eigenvalue weighted by molar-refractivity contribution is 5.95. The number of aliphatic hydroxyl groups excluding tert-OH is 1. The Labute approximate surface area is 118 Å². The Morgan fingerprint density at radius 2 is 2.35 bits per heavy atom. The predicted octanol–water partition coefficient (Wildman–Crippen LogP) is 2.16. The van der Waals surface area contributed by atoms with E-state index in [-0.39, 0.29) is 5.91 Å². The Morgan fingerprint density at radius 1 is 1.55 bits per heavy atom. The Bertz CT molecular complexity index is 534. The number of fused-ring (bicyclic) bond motifs is 1. The predicted molar refractivity (Wildman–Crippen MR) is 74.4 cm³/mol. The number of nitriles is 1.